The SMILES string of the molecule is CC(C)(CCNC(=O)CO)CN(C[C@@H](O)[C@H](Cc1ccccc1)N(C(=O)[O-])[C@H]1CO[C@H]2OCC[C@H]21)S(=O)(=O)c1ccc2c(c1)OCO2. The third kappa shape index (κ3) is 8.16. The number of sulfonamides is 1. The third-order valence-corrected chi connectivity index (χ3v) is 10.7. The van der Waals surface area contributed by atoms with Crippen LogP contribution in [-0.2, 0) is 30.7 Å². The highest BCUT2D eigenvalue weighted by Crippen LogP contribution is 2.38. The van der Waals surface area contributed by atoms with Gasteiger partial charge in [-0.05, 0) is 42.4 Å². The molecular weight excluding hydrogens is 634 g/mol. The summed E-state index contributed by atoms with van der Waals surface area (Å²) >= 11 is 0. The summed E-state index contributed by atoms with van der Waals surface area (Å²) in [6.45, 7) is 3.00. The van der Waals surface area contributed by atoms with Gasteiger partial charge in [-0.15, -0.1) is 0 Å². The summed E-state index contributed by atoms with van der Waals surface area (Å²) in [5.74, 6) is -0.161. The van der Waals surface area contributed by atoms with Crippen molar-refractivity contribution < 1.29 is 52.3 Å². The van der Waals surface area contributed by atoms with E-state index in [1.807, 2.05) is 32.0 Å². The van der Waals surface area contributed by atoms with E-state index < -0.39 is 65.1 Å². The number of hydrogen-bond donors (Lipinski definition) is 3. The number of fused-ring (bicyclic) bond motifs is 2. The summed E-state index contributed by atoms with van der Waals surface area (Å²) in [6.07, 6.45) is -2.58. The number of carboxylic acid groups (broad SMARTS) is 1. The minimum Gasteiger partial charge on any atom is -0.530 e. The summed E-state index contributed by atoms with van der Waals surface area (Å²) in [6, 6.07) is 11.5. The standard InChI is InChI=1S/C32H43N3O11S/c1-32(2,11-12-33-29(38)17-36)19-34(47(41,42)22-8-9-27-28(15-22)46-20-45-27)16-26(37)24(14-21-6-4-3-5-7-21)35(31(39)40)25-18-44-30-23(25)10-13-43-30/h3-9,15,23-26,30,36-37H,10-14,16-20H2,1-2H3,(H,33,38)(H,39,40)/p-1/t23-,24-,25-,26+,30+/m0/s1. The number of rotatable bonds is 15. The first-order valence-corrected chi connectivity index (χ1v) is 17.1. The van der Waals surface area contributed by atoms with Gasteiger partial charge in [0.05, 0.1) is 36.3 Å². The molecule has 3 aliphatic heterocycles. The molecule has 2 aromatic rings. The lowest BCUT2D eigenvalue weighted by Gasteiger charge is -2.43. The van der Waals surface area contributed by atoms with E-state index in [2.05, 4.69) is 5.32 Å². The van der Waals surface area contributed by atoms with Crippen molar-refractivity contribution in [3.63, 3.8) is 0 Å². The average Bonchev–Trinajstić information content (AvgIpc) is 3.79. The summed E-state index contributed by atoms with van der Waals surface area (Å²) in [7, 11) is -4.30. The number of aliphatic hydroxyl groups is 2. The topological polar surface area (TPSA) is 187 Å². The highest BCUT2D eigenvalue weighted by atomic mass is 32.2. The molecule has 0 aromatic heterocycles. The zero-order valence-corrected chi connectivity index (χ0v) is 27.3. The molecule has 3 aliphatic rings. The largest absolute Gasteiger partial charge is 0.530 e. The average molecular weight is 677 g/mol. The van der Waals surface area contributed by atoms with Gasteiger partial charge in [-0.25, -0.2) is 8.42 Å². The second-order valence-corrected chi connectivity index (χ2v) is 14.8. The Labute approximate surface area is 274 Å². The molecule has 0 bridgehead atoms. The fraction of sp³-hybridized carbons (Fsp3) is 0.562. The zero-order chi connectivity index (χ0) is 33.8. The molecule has 5 rings (SSSR count). The Kier molecular flexibility index (Phi) is 10.9. The Balaban J connectivity index is 1.47. The molecule has 0 radical (unpaired) electrons. The van der Waals surface area contributed by atoms with E-state index in [4.69, 9.17) is 24.1 Å². The number of nitrogens with zero attached hydrogens (tertiary/aromatic N) is 2. The number of carbonyl (C=O) groups is 2. The molecule has 0 aliphatic carbocycles. The molecule has 2 saturated heterocycles. The summed E-state index contributed by atoms with van der Waals surface area (Å²) < 4.78 is 51.9. The van der Waals surface area contributed by atoms with E-state index in [9.17, 15) is 28.2 Å². The highest BCUT2D eigenvalue weighted by Gasteiger charge is 2.47. The lowest BCUT2D eigenvalue weighted by molar-refractivity contribution is -0.273. The van der Waals surface area contributed by atoms with Crippen molar-refractivity contribution in [3.05, 3.63) is 54.1 Å². The highest BCUT2D eigenvalue weighted by molar-refractivity contribution is 7.89. The third-order valence-electron chi connectivity index (χ3n) is 8.91. The number of amides is 2. The van der Waals surface area contributed by atoms with Crippen LogP contribution < -0.4 is 19.9 Å². The summed E-state index contributed by atoms with van der Waals surface area (Å²) in [5, 5.41) is 36.5. The molecule has 3 N–H and O–H groups in total. The minimum absolute atomic E-state index is 0.0487. The molecule has 15 heteroatoms. The van der Waals surface area contributed by atoms with Gasteiger partial charge in [0.25, 0.3) is 0 Å². The van der Waals surface area contributed by atoms with E-state index in [-0.39, 0.29) is 49.5 Å². The van der Waals surface area contributed by atoms with Gasteiger partial charge < -0.3 is 49.3 Å². The van der Waals surface area contributed by atoms with E-state index >= 15 is 0 Å². The smallest absolute Gasteiger partial charge is 0.245 e. The zero-order valence-electron chi connectivity index (χ0n) is 26.4. The van der Waals surface area contributed by atoms with Crippen LogP contribution in [0, 0.1) is 11.3 Å². The normalized spacial score (nSPS) is 21.8. The lowest BCUT2D eigenvalue weighted by Crippen LogP contribution is -2.61. The fourth-order valence-electron chi connectivity index (χ4n) is 6.44. The Morgan fingerprint density at radius 2 is 1.85 bits per heavy atom. The predicted octanol–water partition coefficient (Wildman–Crippen LogP) is 0.310. The van der Waals surface area contributed by atoms with Crippen molar-refractivity contribution in [2.24, 2.45) is 11.3 Å². The van der Waals surface area contributed by atoms with Gasteiger partial charge in [0.2, 0.25) is 22.7 Å². The fourth-order valence-corrected chi connectivity index (χ4v) is 8.10. The van der Waals surface area contributed by atoms with Crippen LogP contribution in [0.4, 0.5) is 4.79 Å². The predicted molar refractivity (Wildman–Crippen MR) is 165 cm³/mol. The van der Waals surface area contributed by atoms with Crippen LogP contribution in [-0.4, -0.2) is 111 Å². The Hall–Kier alpha value is -3.47. The number of hydrogen-bond acceptors (Lipinski definition) is 11. The van der Waals surface area contributed by atoms with Gasteiger partial charge in [-0.2, -0.15) is 4.31 Å². The van der Waals surface area contributed by atoms with Crippen LogP contribution >= 0.6 is 0 Å². The van der Waals surface area contributed by atoms with Crippen molar-refractivity contribution in [3.8, 4) is 11.5 Å². The van der Waals surface area contributed by atoms with Crippen molar-refractivity contribution in [2.75, 3.05) is 46.2 Å². The molecule has 14 nitrogen and oxygen atoms in total. The second-order valence-electron chi connectivity index (χ2n) is 12.8. The van der Waals surface area contributed by atoms with Gasteiger partial charge in [0.15, 0.2) is 17.8 Å². The van der Waals surface area contributed by atoms with E-state index in [0.29, 0.717) is 25.2 Å². The first-order valence-electron chi connectivity index (χ1n) is 15.6. The van der Waals surface area contributed by atoms with Gasteiger partial charge in [-0.3, -0.25) is 4.79 Å². The van der Waals surface area contributed by atoms with Gasteiger partial charge in [0, 0.05) is 31.6 Å². The molecule has 0 unspecified atom stereocenters. The maximum Gasteiger partial charge on any atom is 0.245 e. The van der Waals surface area contributed by atoms with E-state index in [1.165, 1.54) is 18.2 Å². The first kappa shape index (κ1) is 34.9. The molecule has 2 aromatic carbocycles. The molecule has 5 atom stereocenters. The van der Waals surface area contributed by atoms with Crippen LogP contribution in [0.3, 0.4) is 0 Å². The lowest BCUT2D eigenvalue weighted by atomic mass is 9.89. The van der Waals surface area contributed by atoms with Crippen molar-refractivity contribution >= 4 is 22.0 Å². The molecule has 2 fully saturated rings. The molecule has 258 valence electrons. The molecule has 3 heterocycles. The molecular formula is C32H42N3O11S-. The molecule has 0 spiro atoms. The Morgan fingerprint density at radius 3 is 2.57 bits per heavy atom. The van der Waals surface area contributed by atoms with Crippen molar-refractivity contribution in [1.82, 2.24) is 14.5 Å². The van der Waals surface area contributed by atoms with Crippen LogP contribution in [0.15, 0.2) is 53.4 Å². The van der Waals surface area contributed by atoms with Crippen LogP contribution in [0.2, 0.25) is 0 Å². The van der Waals surface area contributed by atoms with E-state index in [0.717, 1.165) is 14.8 Å². The van der Waals surface area contributed by atoms with Crippen LogP contribution in [0.25, 0.3) is 0 Å². The Bertz CT molecular complexity index is 1510. The minimum atomic E-state index is -4.30. The summed E-state index contributed by atoms with van der Waals surface area (Å²) in [4.78, 5) is 25.5. The van der Waals surface area contributed by atoms with Gasteiger partial charge in [0.1, 0.15) is 12.7 Å². The number of nitrogens with one attached hydrogen (secondary N) is 1. The first-order chi connectivity index (χ1) is 22.4. The number of ether oxygens (including phenoxy) is 4. The molecule has 47 heavy (non-hydrogen) atoms. The maximum absolute atomic E-state index is 14.3. The number of aliphatic hydroxyl groups excluding tert-OH is 2. The van der Waals surface area contributed by atoms with Gasteiger partial charge in [-0.1, -0.05) is 44.2 Å². The van der Waals surface area contributed by atoms with Crippen LogP contribution in [0.1, 0.15) is 32.3 Å². The number of carbonyl (C=O) groups excluding carboxylic acids is 2. The Morgan fingerprint density at radius 1 is 1.11 bits per heavy atom. The van der Waals surface area contributed by atoms with Crippen LogP contribution in [0.5, 0.6) is 11.5 Å². The van der Waals surface area contributed by atoms with Crippen molar-refractivity contribution in [2.45, 2.75) is 62.5 Å². The molecule has 0 saturated carbocycles. The van der Waals surface area contributed by atoms with Gasteiger partial charge >= 0.3 is 0 Å². The van der Waals surface area contributed by atoms with Crippen molar-refractivity contribution in [1.29, 1.82) is 0 Å². The maximum atomic E-state index is 14.3. The monoisotopic (exact) mass is 676 g/mol. The number of benzene rings is 2. The van der Waals surface area contributed by atoms with E-state index in [1.54, 1.807) is 12.1 Å². The molecule has 2 amide bonds. The quantitative estimate of drug-likeness (QED) is 0.236. The second kappa shape index (κ2) is 14.7. The summed E-state index contributed by atoms with van der Waals surface area (Å²) in [5.41, 5.74) is 0.00813.